The molecule has 2 aromatic heterocycles. The number of fused-ring (bicyclic) bond motifs is 1. The Balaban J connectivity index is 1.33. The molecule has 7 heteroatoms. The van der Waals surface area contributed by atoms with Crippen LogP contribution in [-0.2, 0) is 6.54 Å². The van der Waals surface area contributed by atoms with Crippen molar-refractivity contribution in [3.63, 3.8) is 0 Å². The molecule has 27 heavy (non-hydrogen) atoms. The maximum Gasteiger partial charge on any atom is 0.204 e. The molecule has 1 N–H and O–H groups in total. The molecule has 0 fully saturated rings. The SMILES string of the molecule is Clc1ccc(OCCn2cccc2/C=N\Nc2nc3ccccc3s2)cc1. The number of halogens is 1. The lowest BCUT2D eigenvalue weighted by Crippen LogP contribution is -2.10. The maximum absolute atomic E-state index is 5.88. The van der Waals surface area contributed by atoms with Gasteiger partial charge < -0.3 is 9.30 Å². The Bertz CT molecular complexity index is 1020. The number of rotatable bonds is 7. The molecule has 2 heterocycles. The number of aromatic nitrogens is 2. The van der Waals surface area contributed by atoms with Crippen LogP contribution in [0.15, 0.2) is 72.0 Å². The molecule has 0 bridgehead atoms. The molecular weight excluding hydrogens is 380 g/mol. The molecule has 0 radical (unpaired) electrons. The summed E-state index contributed by atoms with van der Waals surface area (Å²) < 4.78 is 8.97. The van der Waals surface area contributed by atoms with Gasteiger partial charge in [0.15, 0.2) is 0 Å². The number of nitrogens with one attached hydrogen (secondary N) is 1. The molecule has 136 valence electrons. The number of ether oxygens (including phenoxy) is 1. The molecule has 2 aromatic carbocycles. The molecular formula is C20H17ClN4OS. The van der Waals surface area contributed by atoms with Gasteiger partial charge in [0.05, 0.1) is 28.7 Å². The molecule has 0 atom stereocenters. The molecule has 5 nitrogen and oxygen atoms in total. The monoisotopic (exact) mass is 396 g/mol. The summed E-state index contributed by atoms with van der Waals surface area (Å²) >= 11 is 7.46. The smallest absolute Gasteiger partial charge is 0.204 e. The van der Waals surface area contributed by atoms with Gasteiger partial charge in [-0.1, -0.05) is 35.1 Å². The van der Waals surface area contributed by atoms with Crippen LogP contribution in [0.1, 0.15) is 5.69 Å². The van der Waals surface area contributed by atoms with Crippen LogP contribution in [0.25, 0.3) is 10.2 Å². The predicted octanol–water partition coefficient (Wildman–Crippen LogP) is 5.28. The number of nitrogens with zero attached hydrogens (tertiary/aromatic N) is 3. The Hall–Kier alpha value is -2.83. The molecule has 0 aliphatic rings. The van der Waals surface area contributed by atoms with E-state index in [2.05, 4.69) is 20.1 Å². The summed E-state index contributed by atoms with van der Waals surface area (Å²) in [5.74, 6) is 0.805. The first-order valence-corrected chi connectivity index (χ1v) is 9.65. The van der Waals surface area contributed by atoms with Gasteiger partial charge in [-0.15, -0.1) is 0 Å². The van der Waals surface area contributed by atoms with Crippen LogP contribution in [-0.4, -0.2) is 22.4 Å². The zero-order valence-corrected chi connectivity index (χ0v) is 16.0. The van der Waals surface area contributed by atoms with E-state index in [9.17, 15) is 0 Å². The van der Waals surface area contributed by atoms with Gasteiger partial charge in [-0.2, -0.15) is 5.10 Å². The number of anilines is 1. The van der Waals surface area contributed by atoms with E-state index >= 15 is 0 Å². The zero-order valence-electron chi connectivity index (χ0n) is 14.4. The average Bonchev–Trinajstić information content (AvgIpc) is 3.30. The van der Waals surface area contributed by atoms with Crippen molar-refractivity contribution in [1.82, 2.24) is 9.55 Å². The van der Waals surface area contributed by atoms with Crippen LogP contribution >= 0.6 is 22.9 Å². The van der Waals surface area contributed by atoms with E-state index in [1.807, 2.05) is 66.9 Å². The number of hydrazone groups is 1. The maximum atomic E-state index is 5.88. The number of hydrogen-bond donors (Lipinski definition) is 1. The van der Waals surface area contributed by atoms with Crippen molar-refractivity contribution < 1.29 is 4.74 Å². The van der Waals surface area contributed by atoms with Gasteiger partial charge in [0.1, 0.15) is 12.4 Å². The van der Waals surface area contributed by atoms with Crippen LogP contribution in [0, 0.1) is 0 Å². The van der Waals surface area contributed by atoms with Gasteiger partial charge in [0, 0.05) is 11.2 Å². The summed E-state index contributed by atoms with van der Waals surface area (Å²) in [6, 6.07) is 19.4. The summed E-state index contributed by atoms with van der Waals surface area (Å²) in [5.41, 5.74) is 4.97. The lowest BCUT2D eigenvalue weighted by Gasteiger charge is -2.08. The Morgan fingerprint density at radius 1 is 1.11 bits per heavy atom. The van der Waals surface area contributed by atoms with Crippen molar-refractivity contribution in [3.8, 4) is 5.75 Å². The summed E-state index contributed by atoms with van der Waals surface area (Å²) in [7, 11) is 0. The van der Waals surface area contributed by atoms with Crippen LogP contribution < -0.4 is 10.2 Å². The molecule has 0 aliphatic heterocycles. The predicted molar refractivity (Wildman–Crippen MR) is 112 cm³/mol. The second kappa shape index (κ2) is 8.24. The summed E-state index contributed by atoms with van der Waals surface area (Å²) in [6.07, 6.45) is 3.79. The van der Waals surface area contributed by atoms with Crippen LogP contribution in [0.2, 0.25) is 5.02 Å². The molecule has 0 amide bonds. The first kappa shape index (κ1) is 17.6. The zero-order chi connectivity index (χ0) is 18.5. The Morgan fingerprint density at radius 2 is 1.96 bits per heavy atom. The Kier molecular flexibility index (Phi) is 5.37. The molecule has 4 aromatic rings. The van der Waals surface area contributed by atoms with E-state index in [0.717, 1.165) is 33.3 Å². The second-order valence-electron chi connectivity index (χ2n) is 5.79. The van der Waals surface area contributed by atoms with Gasteiger partial charge in [-0.25, -0.2) is 4.98 Å². The number of para-hydroxylation sites is 1. The van der Waals surface area contributed by atoms with Crippen molar-refractivity contribution in [2.24, 2.45) is 5.10 Å². The fourth-order valence-electron chi connectivity index (χ4n) is 2.61. The van der Waals surface area contributed by atoms with Crippen LogP contribution in [0.4, 0.5) is 5.13 Å². The Morgan fingerprint density at radius 3 is 2.81 bits per heavy atom. The quantitative estimate of drug-likeness (QED) is 0.341. The van der Waals surface area contributed by atoms with Crippen molar-refractivity contribution in [2.45, 2.75) is 6.54 Å². The highest BCUT2D eigenvalue weighted by atomic mass is 35.5. The topological polar surface area (TPSA) is 51.4 Å². The molecule has 0 spiro atoms. The van der Waals surface area contributed by atoms with E-state index in [4.69, 9.17) is 16.3 Å². The lowest BCUT2D eigenvalue weighted by molar-refractivity contribution is 0.298. The normalized spacial score (nSPS) is 11.3. The fourth-order valence-corrected chi connectivity index (χ4v) is 3.56. The largest absolute Gasteiger partial charge is 0.492 e. The van der Waals surface area contributed by atoms with Crippen LogP contribution in [0.3, 0.4) is 0 Å². The third-order valence-electron chi connectivity index (χ3n) is 3.93. The third kappa shape index (κ3) is 4.48. The summed E-state index contributed by atoms with van der Waals surface area (Å²) in [4.78, 5) is 4.50. The van der Waals surface area contributed by atoms with Gasteiger partial charge in [-0.05, 0) is 48.5 Å². The Labute approximate surface area is 165 Å². The minimum Gasteiger partial charge on any atom is -0.492 e. The fraction of sp³-hybridized carbons (Fsp3) is 0.100. The van der Waals surface area contributed by atoms with E-state index in [1.165, 1.54) is 0 Å². The highest BCUT2D eigenvalue weighted by Crippen LogP contribution is 2.25. The molecule has 0 aliphatic carbocycles. The minimum absolute atomic E-state index is 0.558. The lowest BCUT2D eigenvalue weighted by atomic mass is 10.3. The third-order valence-corrected chi connectivity index (χ3v) is 5.12. The van der Waals surface area contributed by atoms with Crippen LogP contribution in [0.5, 0.6) is 5.75 Å². The van der Waals surface area contributed by atoms with E-state index in [1.54, 1.807) is 17.6 Å². The van der Waals surface area contributed by atoms with Crippen molar-refractivity contribution in [3.05, 3.63) is 77.6 Å². The van der Waals surface area contributed by atoms with Gasteiger partial charge >= 0.3 is 0 Å². The molecule has 0 unspecified atom stereocenters. The van der Waals surface area contributed by atoms with Gasteiger partial charge in [0.25, 0.3) is 0 Å². The number of thiazole rings is 1. The van der Waals surface area contributed by atoms with Gasteiger partial charge in [0.2, 0.25) is 5.13 Å². The molecule has 0 saturated heterocycles. The van der Waals surface area contributed by atoms with E-state index in [0.29, 0.717) is 11.6 Å². The summed E-state index contributed by atoms with van der Waals surface area (Å²) in [6.45, 7) is 1.28. The van der Waals surface area contributed by atoms with Gasteiger partial charge in [-0.3, -0.25) is 5.43 Å². The highest BCUT2D eigenvalue weighted by molar-refractivity contribution is 7.22. The van der Waals surface area contributed by atoms with Crippen molar-refractivity contribution >= 4 is 44.5 Å². The van der Waals surface area contributed by atoms with Crippen molar-refractivity contribution in [2.75, 3.05) is 12.0 Å². The molecule has 0 saturated carbocycles. The van der Waals surface area contributed by atoms with Crippen molar-refractivity contribution in [1.29, 1.82) is 0 Å². The number of benzene rings is 2. The molecule has 4 rings (SSSR count). The second-order valence-corrected chi connectivity index (χ2v) is 7.25. The standard InChI is InChI=1S/C20H17ClN4OS/c21-15-7-9-17(10-8-15)26-13-12-25-11-3-4-16(25)14-22-24-20-23-18-5-1-2-6-19(18)27-20/h1-11,14H,12-13H2,(H,23,24)/b22-14-. The van der Waals surface area contributed by atoms with E-state index < -0.39 is 0 Å². The number of hydrogen-bond acceptors (Lipinski definition) is 5. The summed E-state index contributed by atoms with van der Waals surface area (Å²) in [5, 5.41) is 5.79. The highest BCUT2D eigenvalue weighted by Gasteiger charge is 2.02. The van der Waals surface area contributed by atoms with E-state index in [-0.39, 0.29) is 0 Å². The first-order chi connectivity index (χ1) is 13.3. The average molecular weight is 397 g/mol. The minimum atomic E-state index is 0.558. The first-order valence-electron chi connectivity index (χ1n) is 8.46.